The third-order valence-corrected chi connectivity index (χ3v) is 7.31. The Hall–Kier alpha value is -3.75. The number of pyridine rings is 1. The number of carbonyl (C=O) groups is 2. The number of benzene rings is 2. The van der Waals surface area contributed by atoms with Crippen molar-refractivity contribution in [2.24, 2.45) is 0 Å². The number of ether oxygens (including phenoxy) is 2. The van der Waals surface area contributed by atoms with Crippen LogP contribution in [-0.2, 0) is 22.6 Å². The highest BCUT2D eigenvalue weighted by atomic mass is 16.5. The molecule has 1 saturated heterocycles. The highest BCUT2D eigenvalue weighted by Crippen LogP contribution is 2.24. The Morgan fingerprint density at radius 1 is 0.810 bits per heavy atom. The molecule has 8 nitrogen and oxygen atoms in total. The van der Waals surface area contributed by atoms with Crippen LogP contribution >= 0.6 is 0 Å². The van der Waals surface area contributed by atoms with Crippen LogP contribution < -0.4 is 10.2 Å². The molecule has 2 aromatic carbocycles. The smallest absolute Gasteiger partial charge is 0.342 e. The first-order chi connectivity index (χ1) is 20.2. The summed E-state index contributed by atoms with van der Waals surface area (Å²) in [5.74, 6) is 0.0952. The first-order valence-corrected chi connectivity index (χ1v) is 15.0. The number of hydrogen-bond donors (Lipinski definition) is 1. The Morgan fingerprint density at radius 2 is 1.40 bits per heavy atom. The van der Waals surface area contributed by atoms with Crippen LogP contribution in [0.1, 0.15) is 84.5 Å². The van der Waals surface area contributed by atoms with Crippen molar-refractivity contribution >= 4 is 17.8 Å². The number of nitrogens with zero attached hydrogens (tertiary/aromatic N) is 3. The van der Waals surface area contributed by atoms with E-state index in [-0.39, 0.29) is 30.2 Å². The molecule has 1 N–H and O–H groups in total. The van der Waals surface area contributed by atoms with E-state index >= 15 is 0 Å². The van der Waals surface area contributed by atoms with E-state index in [2.05, 4.69) is 51.3 Å². The number of aromatic nitrogens is 1. The van der Waals surface area contributed by atoms with Gasteiger partial charge in [0.2, 0.25) is 0 Å². The monoisotopic (exact) mass is 572 g/mol. The molecule has 1 fully saturated rings. The van der Waals surface area contributed by atoms with E-state index in [0.717, 1.165) is 44.7 Å². The molecule has 1 unspecified atom stereocenters. The summed E-state index contributed by atoms with van der Waals surface area (Å²) in [7, 11) is 0. The zero-order chi connectivity index (χ0) is 30.1. The molecular formula is C34H44N4O4. The van der Waals surface area contributed by atoms with Crippen LogP contribution in [0.2, 0.25) is 0 Å². The Morgan fingerprint density at radius 3 is 2.05 bits per heavy atom. The minimum Gasteiger partial charge on any atom is -0.459 e. The predicted molar refractivity (Wildman–Crippen MR) is 166 cm³/mol. The van der Waals surface area contributed by atoms with Gasteiger partial charge in [-0.25, -0.2) is 14.6 Å². The van der Waals surface area contributed by atoms with Crippen LogP contribution in [0.25, 0.3) is 0 Å². The van der Waals surface area contributed by atoms with Gasteiger partial charge < -0.3 is 19.7 Å². The number of esters is 2. The first kappa shape index (κ1) is 31.2. The van der Waals surface area contributed by atoms with Crippen molar-refractivity contribution in [1.29, 1.82) is 0 Å². The zero-order valence-corrected chi connectivity index (χ0v) is 25.5. The van der Waals surface area contributed by atoms with Gasteiger partial charge in [0, 0.05) is 51.5 Å². The minimum absolute atomic E-state index is 0.0451. The van der Waals surface area contributed by atoms with Gasteiger partial charge in [0.1, 0.15) is 11.4 Å². The van der Waals surface area contributed by atoms with Gasteiger partial charge >= 0.3 is 11.9 Å². The van der Waals surface area contributed by atoms with Gasteiger partial charge in [0.15, 0.2) is 0 Å². The lowest BCUT2D eigenvalue weighted by Crippen LogP contribution is -2.46. The van der Waals surface area contributed by atoms with Crippen molar-refractivity contribution in [3.05, 3.63) is 94.7 Å². The standard InChI is InChI=1S/C34H44N4O4/c1-6-31(28-10-7-8-11-29(28)33(39)41-24(2)3)36-22-26-13-15-27(16-14-26)23-37-18-20-38(21-19-37)32-30(12-9-17-35-32)34(40)42-25(4)5/h7-17,24-25,31,36H,6,18-23H2,1-5H3. The van der Waals surface area contributed by atoms with E-state index in [1.165, 1.54) is 11.1 Å². The van der Waals surface area contributed by atoms with E-state index < -0.39 is 0 Å². The summed E-state index contributed by atoms with van der Waals surface area (Å²) in [6, 6.07) is 20.0. The molecule has 1 atom stereocenters. The molecule has 0 spiro atoms. The minimum atomic E-state index is -0.326. The average Bonchev–Trinajstić information content (AvgIpc) is 2.98. The molecule has 2 heterocycles. The van der Waals surface area contributed by atoms with Crippen molar-refractivity contribution in [2.45, 2.75) is 72.4 Å². The summed E-state index contributed by atoms with van der Waals surface area (Å²) in [6.45, 7) is 14.5. The number of anilines is 1. The van der Waals surface area contributed by atoms with Crippen LogP contribution in [-0.4, -0.2) is 60.2 Å². The van der Waals surface area contributed by atoms with E-state index in [4.69, 9.17) is 9.47 Å². The van der Waals surface area contributed by atoms with E-state index in [1.54, 1.807) is 18.3 Å². The molecule has 1 aromatic heterocycles. The Labute approximate surface area is 250 Å². The number of rotatable bonds is 12. The highest BCUT2D eigenvalue weighted by Gasteiger charge is 2.24. The molecule has 0 radical (unpaired) electrons. The third-order valence-electron chi connectivity index (χ3n) is 7.31. The molecule has 224 valence electrons. The molecule has 0 saturated carbocycles. The van der Waals surface area contributed by atoms with Crippen LogP contribution in [0.15, 0.2) is 66.9 Å². The Kier molecular flexibility index (Phi) is 11.1. The largest absolute Gasteiger partial charge is 0.459 e. The molecule has 3 aromatic rings. The normalized spacial score (nSPS) is 14.7. The number of carbonyl (C=O) groups excluding carboxylic acids is 2. The van der Waals surface area contributed by atoms with Gasteiger partial charge in [0.05, 0.1) is 17.8 Å². The number of nitrogens with one attached hydrogen (secondary N) is 1. The van der Waals surface area contributed by atoms with E-state index in [9.17, 15) is 9.59 Å². The maximum Gasteiger partial charge on any atom is 0.342 e. The van der Waals surface area contributed by atoms with Crippen molar-refractivity contribution in [3.8, 4) is 0 Å². The van der Waals surface area contributed by atoms with Gasteiger partial charge in [-0.1, -0.05) is 49.4 Å². The van der Waals surface area contributed by atoms with Crippen LogP contribution in [0.5, 0.6) is 0 Å². The van der Waals surface area contributed by atoms with Crippen LogP contribution in [0.3, 0.4) is 0 Å². The Bertz CT molecular complexity index is 1320. The molecule has 1 aliphatic rings. The maximum atomic E-state index is 12.7. The summed E-state index contributed by atoms with van der Waals surface area (Å²) in [4.78, 5) is 34.3. The lowest BCUT2D eigenvalue weighted by atomic mass is 9.98. The molecule has 0 amide bonds. The molecule has 0 bridgehead atoms. The first-order valence-electron chi connectivity index (χ1n) is 15.0. The average molecular weight is 573 g/mol. The SMILES string of the molecule is CCC(NCc1ccc(CN2CCN(c3ncccc3C(=O)OC(C)C)CC2)cc1)c1ccccc1C(=O)OC(C)C. The van der Waals surface area contributed by atoms with Crippen molar-refractivity contribution < 1.29 is 19.1 Å². The zero-order valence-electron chi connectivity index (χ0n) is 25.5. The van der Waals surface area contributed by atoms with E-state index in [1.807, 2.05) is 52.0 Å². The summed E-state index contributed by atoms with van der Waals surface area (Å²) in [6.07, 6.45) is 2.26. The molecular weight excluding hydrogens is 528 g/mol. The van der Waals surface area contributed by atoms with Crippen molar-refractivity contribution in [3.63, 3.8) is 0 Å². The lowest BCUT2D eigenvalue weighted by molar-refractivity contribution is 0.0366. The second-order valence-corrected chi connectivity index (χ2v) is 11.3. The summed E-state index contributed by atoms with van der Waals surface area (Å²) in [5.41, 5.74) is 4.57. The van der Waals surface area contributed by atoms with Gasteiger partial charge in [-0.3, -0.25) is 4.90 Å². The second kappa shape index (κ2) is 14.9. The fraction of sp³-hybridized carbons (Fsp3) is 0.441. The third kappa shape index (κ3) is 8.39. The topological polar surface area (TPSA) is 84.0 Å². The molecule has 42 heavy (non-hydrogen) atoms. The second-order valence-electron chi connectivity index (χ2n) is 11.3. The molecule has 1 aliphatic heterocycles. The lowest BCUT2D eigenvalue weighted by Gasteiger charge is -2.36. The predicted octanol–water partition coefficient (Wildman–Crippen LogP) is 5.78. The Balaban J connectivity index is 1.30. The molecule has 0 aliphatic carbocycles. The fourth-order valence-electron chi connectivity index (χ4n) is 5.20. The van der Waals surface area contributed by atoms with Gasteiger partial charge in [-0.05, 0) is 69.0 Å². The summed E-state index contributed by atoms with van der Waals surface area (Å²) >= 11 is 0. The van der Waals surface area contributed by atoms with Gasteiger partial charge in [-0.15, -0.1) is 0 Å². The van der Waals surface area contributed by atoms with Gasteiger partial charge in [0.25, 0.3) is 0 Å². The number of piperazine rings is 1. The van der Waals surface area contributed by atoms with Crippen LogP contribution in [0, 0.1) is 0 Å². The van der Waals surface area contributed by atoms with Crippen molar-refractivity contribution in [2.75, 3.05) is 31.1 Å². The highest BCUT2D eigenvalue weighted by molar-refractivity contribution is 5.95. The quantitative estimate of drug-likeness (QED) is 0.274. The summed E-state index contributed by atoms with van der Waals surface area (Å²) < 4.78 is 10.9. The fourth-order valence-corrected chi connectivity index (χ4v) is 5.20. The van der Waals surface area contributed by atoms with E-state index in [0.29, 0.717) is 23.5 Å². The summed E-state index contributed by atoms with van der Waals surface area (Å²) in [5, 5.41) is 3.63. The molecule has 8 heteroatoms. The molecule has 4 rings (SSSR count). The van der Waals surface area contributed by atoms with Crippen molar-refractivity contribution in [1.82, 2.24) is 15.2 Å². The van der Waals surface area contributed by atoms with Gasteiger partial charge in [-0.2, -0.15) is 0 Å². The van der Waals surface area contributed by atoms with Crippen LogP contribution in [0.4, 0.5) is 5.82 Å². The number of hydrogen-bond acceptors (Lipinski definition) is 8. The maximum absolute atomic E-state index is 12.7.